The number of aliphatic imine (C=N–C) groups is 1. The Hall–Kier alpha value is -4.14. The second kappa shape index (κ2) is 9.12. The van der Waals surface area contributed by atoms with Crippen LogP contribution in [0.15, 0.2) is 47.1 Å². The van der Waals surface area contributed by atoms with E-state index in [1.54, 1.807) is 24.3 Å². The molecule has 0 saturated carbocycles. The minimum atomic E-state index is -0.650. The van der Waals surface area contributed by atoms with Crippen LogP contribution in [0.2, 0.25) is 0 Å². The minimum Gasteiger partial charge on any atom is -0.493 e. The Kier molecular flexibility index (Phi) is 6.35. The van der Waals surface area contributed by atoms with Gasteiger partial charge in [-0.05, 0) is 42.0 Å². The summed E-state index contributed by atoms with van der Waals surface area (Å²) < 4.78 is 25.8. The maximum absolute atomic E-state index is 12.3. The molecular formula is C22H19NO8. The Balaban J connectivity index is 1.94. The van der Waals surface area contributed by atoms with Gasteiger partial charge in [0.1, 0.15) is 0 Å². The van der Waals surface area contributed by atoms with Crippen molar-refractivity contribution in [1.82, 2.24) is 0 Å². The van der Waals surface area contributed by atoms with E-state index in [-0.39, 0.29) is 23.1 Å². The summed E-state index contributed by atoms with van der Waals surface area (Å²) in [4.78, 5) is 39.2. The van der Waals surface area contributed by atoms with Crippen LogP contribution in [-0.2, 0) is 19.1 Å². The Morgan fingerprint density at radius 3 is 2.16 bits per heavy atom. The Bertz CT molecular complexity index is 1120. The molecule has 0 spiro atoms. The first-order valence-electron chi connectivity index (χ1n) is 9.06. The van der Waals surface area contributed by atoms with Gasteiger partial charge < -0.3 is 23.7 Å². The van der Waals surface area contributed by atoms with Crippen molar-refractivity contribution in [3.8, 4) is 23.0 Å². The number of esters is 3. The Morgan fingerprint density at radius 1 is 0.871 bits per heavy atom. The summed E-state index contributed by atoms with van der Waals surface area (Å²) in [5.41, 5.74) is 1.05. The van der Waals surface area contributed by atoms with Gasteiger partial charge in [-0.25, -0.2) is 9.79 Å². The maximum atomic E-state index is 12.3. The molecule has 0 fully saturated rings. The molecule has 160 valence electrons. The summed E-state index contributed by atoms with van der Waals surface area (Å²) in [6, 6.07) is 9.47. The standard InChI is InChI=1S/C22H19NO8/c1-12(24)29-18-7-5-14(10-20(18)30-13(2)25)9-16-22(26)31-21(23-16)15-6-8-17(27-3)19(11-15)28-4/h5-11H,1-4H3/b16-9-. The molecule has 0 amide bonds. The topological polar surface area (TPSA) is 110 Å². The van der Waals surface area contributed by atoms with Crippen molar-refractivity contribution in [2.75, 3.05) is 14.2 Å². The zero-order valence-corrected chi connectivity index (χ0v) is 17.3. The van der Waals surface area contributed by atoms with E-state index in [1.807, 2.05) is 0 Å². The molecule has 0 bridgehead atoms. The van der Waals surface area contributed by atoms with Crippen LogP contribution in [0.5, 0.6) is 23.0 Å². The van der Waals surface area contributed by atoms with E-state index in [0.29, 0.717) is 22.6 Å². The zero-order chi connectivity index (χ0) is 22.5. The number of hydrogen-bond acceptors (Lipinski definition) is 9. The van der Waals surface area contributed by atoms with Crippen LogP contribution in [0.3, 0.4) is 0 Å². The second-order valence-electron chi connectivity index (χ2n) is 6.30. The van der Waals surface area contributed by atoms with E-state index in [2.05, 4.69) is 4.99 Å². The predicted molar refractivity (Wildman–Crippen MR) is 109 cm³/mol. The first kappa shape index (κ1) is 21.6. The summed E-state index contributed by atoms with van der Waals surface area (Å²) in [6.07, 6.45) is 1.46. The first-order chi connectivity index (χ1) is 14.8. The molecule has 9 heteroatoms. The minimum absolute atomic E-state index is 0.0347. The van der Waals surface area contributed by atoms with Gasteiger partial charge in [-0.15, -0.1) is 0 Å². The van der Waals surface area contributed by atoms with Gasteiger partial charge in [-0.3, -0.25) is 9.59 Å². The SMILES string of the molecule is COc1ccc(C2=N/C(=C\c3ccc(OC(C)=O)c(OC(C)=O)c3)C(=O)O2)cc1OC. The third-order valence-electron chi connectivity index (χ3n) is 4.03. The van der Waals surface area contributed by atoms with Gasteiger partial charge in [0.05, 0.1) is 14.2 Å². The summed E-state index contributed by atoms with van der Waals surface area (Å²) in [5.74, 6) is -0.603. The van der Waals surface area contributed by atoms with E-state index in [9.17, 15) is 14.4 Å². The average Bonchev–Trinajstić information content (AvgIpc) is 3.09. The molecule has 0 aliphatic carbocycles. The van der Waals surface area contributed by atoms with Gasteiger partial charge in [0.2, 0.25) is 5.90 Å². The summed E-state index contributed by atoms with van der Waals surface area (Å²) in [6.45, 7) is 2.45. The van der Waals surface area contributed by atoms with Crippen molar-refractivity contribution < 1.29 is 38.1 Å². The molecule has 0 aromatic heterocycles. The molecule has 9 nitrogen and oxygen atoms in total. The van der Waals surface area contributed by atoms with E-state index < -0.39 is 17.9 Å². The monoisotopic (exact) mass is 425 g/mol. The lowest BCUT2D eigenvalue weighted by Crippen LogP contribution is -2.07. The van der Waals surface area contributed by atoms with Crippen LogP contribution >= 0.6 is 0 Å². The number of cyclic esters (lactones) is 1. The highest BCUT2D eigenvalue weighted by Gasteiger charge is 2.25. The van der Waals surface area contributed by atoms with Crippen molar-refractivity contribution in [2.45, 2.75) is 13.8 Å². The molecule has 0 N–H and O–H groups in total. The summed E-state index contributed by atoms with van der Waals surface area (Å²) >= 11 is 0. The lowest BCUT2D eigenvalue weighted by Gasteiger charge is -2.09. The van der Waals surface area contributed by atoms with Crippen LogP contribution in [-0.4, -0.2) is 38.0 Å². The van der Waals surface area contributed by atoms with Gasteiger partial charge in [-0.2, -0.15) is 0 Å². The largest absolute Gasteiger partial charge is 0.493 e. The van der Waals surface area contributed by atoms with E-state index in [0.717, 1.165) is 0 Å². The van der Waals surface area contributed by atoms with Gasteiger partial charge in [-0.1, -0.05) is 6.07 Å². The highest BCUT2D eigenvalue weighted by Crippen LogP contribution is 2.32. The molecule has 1 heterocycles. The van der Waals surface area contributed by atoms with Crippen molar-refractivity contribution in [3.63, 3.8) is 0 Å². The average molecular weight is 425 g/mol. The fourth-order valence-electron chi connectivity index (χ4n) is 2.75. The third-order valence-corrected chi connectivity index (χ3v) is 4.03. The van der Waals surface area contributed by atoms with Crippen LogP contribution in [0.25, 0.3) is 6.08 Å². The number of benzene rings is 2. The number of rotatable bonds is 6. The predicted octanol–water partition coefficient (Wildman–Crippen LogP) is 2.90. The van der Waals surface area contributed by atoms with Crippen molar-refractivity contribution in [2.24, 2.45) is 4.99 Å². The third kappa shape index (κ3) is 5.08. The smallest absolute Gasteiger partial charge is 0.363 e. The molecule has 2 aromatic rings. The van der Waals surface area contributed by atoms with Gasteiger partial charge in [0.25, 0.3) is 0 Å². The molecular weight excluding hydrogens is 406 g/mol. The van der Waals surface area contributed by atoms with Crippen molar-refractivity contribution in [3.05, 3.63) is 53.2 Å². The number of ether oxygens (including phenoxy) is 5. The summed E-state index contributed by atoms with van der Waals surface area (Å²) in [7, 11) is 3.01. The van der Waals surface area contributed by atoms with Gasteiger partial charge in [0.15, 0.2) is 28.7 Å². The van der Waals surface area contributed by atoms with Gasteiger partial charge in [0, 0.05) is 19.4 Å². The van der Waals surface area contributed by atoms with E-state index in [1.165, 1.54) is 46.3 Å². The Labute approximate surface area is 177 Å². The molecule has 3 rings (SSSR count). The number of methoxy groups -OCH3 is 2. The van der Waals surface area contributed by atoms with Crippen LogP contribution in [0, 0.1) is 0 Å². The van der Waals surface area contributed by atoms with Crippen LogP contribution < -0.4 is 18.9 Å². The van der Waals surface area contributed by atoms with E-state index >= 15 is 0 Å². The fourth-order valence-corrected chi connectivity index (χ4v) is 2.75. The highest BCUT2D eigenvalue weighted by atomic mass is 16.6. The normalized spacial score (nSPS) is 14.0. The second-order valence-corrected chi connectivity index (χ2v) is 6.30. The highest BCUT2D eigenvalue weighted by molar-refractivity contribution is 6.13. The maximum Gasteiger partial charge on any atom is 0.363 e. The quantitative estimate of drug-likeness (QED) is 0.395. The number of hydrogen-bond donors (Lipinski definition) is 0. The Morgan fingerprint density at radius 2 is 1.52 bits per heavy atom. The summed E-state index contributed by atoms with van der Waals surface area (Å²) in [5, 5.41) is 0. The molecule has 0 radical (unpaired) electrons. The molecule has 1 aliphatic heterocycles. The molecule has 31 heavy (non-hydrogen) atoms. The lowest BCUT2D eigenvalue weighted by molar-refractivity contribution is -0.134. The number of carbonyl (C=O) groups excluding carboxylic acids is 3. The molecule has 2 aromatic carbocycles. The fraction of sp³-hybridized carbons (Fsp3) is 0.182. The molecule has 1 aliphatic rings. The molecule has 0 saturated heterocycles. The molecule has 0 unspecified atom stereocenters. The number of nitrogens with zero attached hydrogens (tertiary/aromatic N) is 1. The van der Waals surface area contributed by atoms with E-state index in [4.69, 9.17) is 23.7 Å². The van der Waals surface area contributed by atoms with Crippen molar-refractivity contribution >= 4 is 29.9 Å². The zero-order valence-electron chi connectivity index (χ0n) is 17.3. The van der Waals surface area contributed by atoms with Crippen LogP contribution in [0.1, 0.15) is 25.0 Å². The molecule has 0 atom stereocenters. The number of carbonyl (C=O) groups is 3. The lowest BCUT2D eigenvalue weighted by atomic mass is 10.1. The van der Waals surface area contributed by atoms with Crippen LogP contribution in [0.4, 0.5) is 0 Å². The van der Waals surface area contributed by atoms with Crippen molar-refractivity contribution in [1.29, 1.82) is 0 Å². The van der Waals surface area contributed by atoms with Gasteiger partial charge >= 0.3 is 17.9 Å². The first-order valence-corrected chi connectivity index (χ1v) is 9.06.